The number of piperazine rings is 1. The van der Waals surface area contributed by atoms with Crippen molar-refractivity contribution in [1.82, 2.24) is 9.62 Å². The van der Waals surface area contributed by atoms with Gasteiger partial charge < -0.3 is 10.2 Å². The molecule has 7 heteroatoms. The van der Waals surface area contributed by atoms with E-state index < -0.39 is 10.0 Å². The van der Waals surface area contributed by atoms with E-state index in [-0.39, 0.29) is 23.7 Å². The molecule has 28 heavy (non-hydrogen) atoms. The number of amides is 1. The van der Waals surface area contributed by atoms with Crippen LogP contribution in [0.15, 0.2) is 30.3 Å². The lowest BCUT2D eigenvalue weighted by molar-refractivity contribution is -0.917. The molecule has 156 valence electrons. The maximum absolute atomic E-state index is 12.7. The van der Waals surface area contributed by atoms with Crippen molar-refractivity contribution in [2.24, 2.45) is 5.92 Å². The Labute approximate surface area is 169 Å². The third-order valence-electron chi connectivity index (χ3n) is 6.39. The molecule has 1 aromatic rings. The number of hydrogen-bond donors (Lipinski definition) is 2. The van der Waals surface area contributed by atoms with Gasteiger partial charge in [0.05, 0.1) is 31.9 Å². The predicted octanol–water partition coefficient (Wildman–Crippen LogP) is 0.800. The van der Waals surface area contributed by atoms with Gasteiger partial charge in [-0.1, -0.05) is 50.1 Å². The van der Waals surface area contributed by atoms with E-state index in [1.54, 1.807) is 4.31 Å². The van der Waals surface area contributed by atoms with Crippen LogP contribution in [0.25, 0.3) is 0 Å². The smallest absolute Gasteiger partial charge is 0.278 e. The summed E-state index contributed by atoms with van der Waals surface area (Å²) in [4.78, 5) is 13.9. The Morgan fingerprint density at radius 2 is 1.82 bits per heavy atom. The summed E-state index contributed by atoms with van der Waals surface area (Å²) >= 11 is 0. The minimum Gasteiger partial charge on any atom is -0.348 e. The average Bonchev–Trinajstić information content (AvgIpc) is 2.69. The highest BCUT2D eigenvalue weighted by atomic mass is 32.2. The predicted molar refractivity (Wildman–Crippen MR) is 110 cm³/mol. The first-order valence-corrected chi connectivity index (χ1v) is 12.1. The number of rotatable bonds is 6. The van der Waals surface area contributed by atoms with Crippen LogP contribution in [0.4, 0.5) is 0 Å². The van der Waals surface area contributed by atoms with Crippen molar-refractivity contribution in [3.8, 4) is 0 Å². The van der Waals surface area contributed by atoms with Crippen LogP contribution in [0, 0.1) is 5.92 Å². The third-order valence-corrected chi connectivity index (χ3v) is 8.24. The molecule has 0 radical (unpaired) electrons. The summed E-state index contributed by atoms with van der Waals surface area (Å²) in [6.07, 6.45) is 4.70. The molecule has 2 N–H and O–H groups in total. The van der Waals surface area contributed by atoms with Crippen LogP contribution < -0.4 is 10.2 Å². The first-order valence-electron chi connectivity index (χ1n) is 10.5. The van der Waals surface area contributed by atoms with E-state index in [9.17, 15) is 13.2 Å². The molecule has 1 saturated heterocycles. The molecule has 2 aliphatic rings. The zero-order valence-corrected chi connectivity index (χ0v) is 17.9. The molecule has 3 rings (SSSR count). The SMILES string of the molecule is C[C@H](C(=O)N[C@H]1CCCC[C@@H]1C)[NH+]1CCN(S(=O)(=O)Cc2ccccc2)CC1. The lowest BCUT2D eigenvalue weighted by Gasteiger charge is -2.35. The number of nitrogens with one attached hydrogen (secondary N) is 2. The second-order valence-corrected chi connectivity index (χ2v) is 10.4. The standard InChI is InChI=1S/C21H33N3O3S/c1-17-8-6-7-11-20(17)22-21(25)18(2)23-12-14-24(15-13-23)28(26,27)16-19-9-4-3-5-10-19/h3-5,9-10,17-18,20H,6-8,11-16H2,1-2H3,(H,22,25)/p+1/t17-,18+,20-/m0/s1. The monoisotopic (exact) mass is 408 g/mol. The van der Waals surface area contributed by atoms with Gasteiger partial charge in [0.25, 0.3) is 5.91 Å². The summed E-state index contributed by atoms with van der Waals surface area (Å²) in [5.41, 5.74) is 0.812. The summed E-state index contributed by atoms with van der Waals surface area (Å²) in [6, 6.07) is 9.44. The van der Waals surface area contributed by atoms with Crippen molar-refractivity contribution in [3.63, 3.8) is 0 Å². The third kappa shape index (κ3) is 5.33. The van der Waals surface area contributed by atoms with Gasteiger partial charge in [-0.05, 0) is 31.2 Å². The van der Waals surface area contributed by atoms with Gasteiger partial charge in [-0.25, -0.2) is 8.42 Å². The quantitative estimate of drug-likeness (QED) is 0.732. The van der Waals surface area contributed by atoms with Crippen LogP contribution in [0.2, 0.25) is 0 Å². The van der Waals surface area contributed by atoms with Crippen LogP contribution in [-0.2, 0) is 20.6 Å². The van der Waals surface area contributed by atoms with Gasteiger partial charge in [0.15, 0.2) is 6.04 Å². The highest BCUT2D eigenvalue weighted by Crippen LogP contribution is 2.23. The van der Waals surface area contributed by atoms with Gasteiger partial charge in [-0.15, -0.1) is 0 Å². The zero-order chi connectivity index (χ0) is 20.1. The second kappa shape index (κ2) is 9.37. The summed E-state index contributed by atoms with van der Waals surface area (Å²) in [6.45, 7) is 6.47. The Morgan fingerprint density at radius 1 is 1.18 bits per heavy atom. The topological polar surface area (TPSA) is 70.9 Å². The number of quaternary nitrogens is 1. The van der Waals surface area contributed by atoms with Gasteiger partial charge in [-0.2, -0.15) is 4.31 Å². The van der Waals surface area contributed by atoms with Gasteiger partial charge in [0.2, 0.25) is 10.0 Å². The Hall–Kier alpha value is -1.44. The molecule has 1 heterocycles. The molecular weight excluding hydrogens is 374 g/mol. The lowest BCUT2D eigenvalue weighted by Crippen LogP contribution is -3.19. The molecule has 1 aromatic carbocycles. The highest BCUT2D eigenvalue weighted by Gasteiger charge is 2.35. The maximum Gasteiger partial charge on any atom is 0.278 e. The van der Waals surface area contributed by atoms with E-state index in [1.165, 1.54) is 24.2 Å². The van der Waals surface area contributed by atoms with Gasteiger partial charge in [0, 0.05) is 6.04 Å². The van der Waals surface area contributed by atoms with E-state index in [0.29, 0.717) is 32.1 Å². The molecule has 3 atom stereocenters. The first kappa shape index (κ1) is 21.3. The van der Waals surface area contributed by atoms with Crippen LogP contribution in [0.3, 0.4) is 0 Å². The number of sulfonamides is 1. The van der Waals surface area contributed by atoms with E-state index in [0.717, 1.165) is 12.0 Å². The normalized spacial score (nSPS) is 25.9. The minimum atomic E-state index is -3.32. The highest BCUT2D eigenvalue weighted by molar-refractivity contribution is 7.88. The molecule has 1 saturated carbocycles. The fourth-order valence-electron chi connectivity index (χ4n) is 4.38. The van der Waals surface area contributed by atoms with Crippen LogP contribution in [-0.4, -0.2) is 56.9 Å². The molecule has 1 aliphatic carbocycles. The van der Waals surface area contributed by atoms with Crippen molar-refractivity contribution in [3.05, 3.63) is 35.9 Å². The lowest BCUT2D eigenvalue weighted by atomic mass is 9.86. The van der Waals surface area contributed by atoms with Crippen molar-refractivity contribution < 1.29 is 18.1 Å². The first-order chi connectivity index (χ1) is 13.4. The van der Waals surface area contributed by atoms with Gasteiger partial charge in [-0.3, -0.25) is 4.79 Å². The molecular formula is C21H34N3O3S+. The molecule has 0 unspecified atom stereocenters. The molecule has 1 aliphatic heterocycles. The zero-order valence-electron chi connectivity index (χ0n) is 17.1. The van der Waals surface area contributed by atoms with Crippen molar-refractivity contribution in [2.45, 2.75) is 57.4 Å². The molecule has 2 fully saturated rings. The fraction of sp³-hybridized carbons (Fsp3) is 0.667. The van der Waals surface area contributed by atoms with Gasteiger partial charge >= 0.3 is 0 Å². The number of nitrogens with zero attached hydrogens (tertiary/aromatic N) is 1. The number of benzene rings is 1. The minimum absolute atomic E-state index is 0.0405. The van der Waals surface area contributed by atoms with Crippen LogP contribution >= 0.6 is 0 Å². The summed E-state index contributed by atoms with van der Waals surface area (Å²) < 4.78 is 27.0. The van der Waals surface area contributed by atoms with Gasteiger partial charge in [0.1, 0.15) is 0 Å². The van der Waals surface area contributed by atoms with E-state index in [4.69, 9.17) is 0 Å². The Bertz CT molecular complexity index is 745. The molecule has 6 nitrogen and oxygen atoms in total. The van der Waals surface area contributed by atoms with E-state index in [2.05, 4.69) is 12.2 Å². The Morgan fingerprint density at radius 3 is 2.46 bits per heavy atom. The summed E-state index contributed by atoms with van der Waals surface area (Å²) in [7, 11) is -3.32. The largest absolute Gasteiger partial charge is 0.348 e. The average molecular weight is 409 g/mol. The summed E-state index contributed by atoms with van der Waals surface area (Å²) in [5.74, 6) is 0.688. The number of carbonyl (C=O) groups excluding carboxylic acids is 1. The molecule has 1 amide bonds. The molecule has 0 spiro atoms. The summed E-state index contributed by atoms with van der Waals surface area (Å²) in [5, 5.41) is 3.25. The second-order valence-electron chi connectivity index (χ2n) is 8.40. The van der Waals surface area contributed by atoms with Crippen LogP contribution in [0.1, 0.15) is 45.1 Å². The number of carbonyl (C=O) groups is 1. The molecule has 0 aromatic heterocycles. The van der Waals surface area contributed by atoms with Crippen molar-refractivity contribution in [1.29, 1.82) is 0 Å². The van der Waals surface area contributed by atoms with E-state index >= 15 is 0 Å². The van der Waals surface area contributed by atoms with Crippen molar-refractivity contribution in [2.75, 3.05) is 26.2 Å². The van der Waals surface area contributed by atoms with E-state index in [1.807, 2.05) is 37.3 Å². The van der Waals surface area contributed by atoms with Crippen molar-refractivity contribution >= 4 is 15.9 Å². The fourth-order valence-corrected chi connectivity index (χ4v) is 5.92. The Kier molecular flexibility index (Phi) is 7.12. The molecule has 0 bridgehead atoms. The Balaban J connectivity index is 1.50. The maximum atomic E-state index is 12.7. The van der Waals surface area contributed by atoms with Crippen LogP contribution in [0.5, 0.6) is 0 Å². The number of hydrogen-bond acceptors (Lipinski definition) is 3.